The molecule has 6 heterocycles. The van der Waals surface area contributed by atoms with Crippen molar-refractivity contribution in [1.29, 1.82) is 5.26 Å². The molecule has 2 amide bonds. The lowest BCUT2D eigenvalue weighted by atomic mass is 9.90. The number of furan rings is 1. The number of likely N-dealkylation sites (N-methyl/N-ethyl adjacent to an activating group) is 1. The molecule has 4 aromatic rings. The van der Waals surface area contributed by atoms with Crippen LogP contribution in [-0.2, 0) is 22.7 Å². The number of nitrogens with zero attached hydrogens (tertiary/aromatic N) is 6. The molecule has 0 saturated carbocycles. The third kappa shape index (κ3) is 6.06. The molecule has 0 aliphatic carbocycles. The summed E-state index contributed by atoms with van der Waals surface area (Å²) in [5.74, 6) is -1.76. The second-order valence-corrected chi connectivity index (χ2v) is 15.2. The quantitative estimate of drug-likeness (QED) is 0.226. The second kappa shape index (κ2) is 13.2. The maximum absolute atomic E-state index is 17.6. The van der Waals surface area contributed by atoms with E-state index in [1.54, 1.807) is 27.8 Å². The number of carbonyl (C=O) groups excluding carboxylic acids is 1. The van der Waals surface area contributed by atoms with Crippen molar-refractivity contribution in [3.63, 3.8) is 0 Å². The number of anilines is 2. The SMILES string of the molecule is CN1C[C@H](F)C[C@H]1COc1nc(N2C3CCC2CN(C(=O)O)C3)c2c3c(c(-c4c(F)ccc5oc(NC(=O)OC(C)(C)C)c(C#N)c45)c(F)c2n1)COC3. The van der Waals surface area contributed by atoms with Crippen LogP contribution in [0.5, 0.6) is 6.01 Å². The number of benzene rings is 2. The van der Waals surface area contributed by atoms with E-state index in [1.165, 1.54) is 11.0 Å². The molecule has 4 aliphatic heterocycles. The Morgan fingerprint density at radius 2 is 1.80 bits per heavy atom. The topological polar surface area (TPSA) is 167 Å². The van der Waals surface area contributed by atoms with Gasteiger partial charge in [0.05, 0.1) is 24.0 Å². The predicted octanol–water partition coefficient (Wildman–Crippen LogP) is 6.32. The number of likely N-dealkylation sites (tertiary alicyclic amines) is 2. The highest BCUT2D eigenvalue weighted by Gasteiger charge is 2.44. The number of carboxylic acid groups (broad SMARTS) is 1. The van der Waals surface area contributed by atoms with Gasteiger partial charge in [0.15, 0.2) is 5.82 Å². The van der Waals surface area contributed by atoms with Gasteiger partial charge in [0.25, 0.3) is 0 Å². The minimum absolute atomic E-state index is 0.00436. The zero-order valence-corrected chi connectivity index (χ0v) is 30.0. The fraction of sp³-hybridized carbons (Fsp3) is 0.486. The van der Waals surface area contributed by atoms with E-state index in [0.29, 0.717) is 35.2 Å². The average molecular weight is 750 g/mol. The fourth-order valence-corrected chi connectivity index (χ4v) is 8.29. The van der Waals surface area contributed by atoms with Crippen LogP contribution in [-0.4, -0.2) is 100 Å². The zero-order chi connectivity index (χ0) is 38.2. The number of nitrogens with one attached hydrogen (secondary N) is 1. The minimum Gasteiger partial charge on any atom is -0.465 e. The van der Waals surface area contributed by atoms with Crippen molar-refractivity contribution >= 4 is 45.8 Å². The van der Waals surface area contributed by atoms with Crippen molar-refractivity contribution in [3.8, 4) is 23.2 Å². The Morgan fingerprint density at radius 3 is 2.44 bits per heavy atom. The van der Waals surface area contributed by atoms with Crippen molar-refractivity contribution in [2.45, 2.75) is 83.1 Å². The Labute approximate surface area is 307 Å². The third-order valence-corrected chi connectivity index (χ3v) is 10.6. The summed E-state index contributed by atoms with van der Waals surface area (Å²) >= 11 is 0. The number of rotatable bonds is 6. The number of hydrogen-bond donors (Lipinski definition) is 2. The van der Waals surface area contributed by atoms with Gasteiger partial charge in [-0.3, -0.25) is 10.2 Å². The Morgan fingerprint density at radius 1 is 1.07 bits per heavy atom. The molecular formula is C37H38F3N7O7. The molecule has 2 bridgehead atoms. The molecular weight excluding hydrogens is 711 g/mol. The molecule has 17 heteroatoms. The second-order valence-electron chi connectivity index (χ2n) is 15.2. The first kappa shape index (κ1) is 35.7. The Hall–Kier alpha value is -5.34. The monoisotopic (exact) mass is 749 g/mol. The number of ether oxygens (including phenoxy) is 3. The van der Waals surface area contributed by atoms with Gasteiger partial charge in [0.2, 0.25) is 5.88 Å². The molecule has 2 aromatic heterocycles. The summed E-state index contributed by atoms with van der Waals surface area (Å²) in [6.07, 6.45) is -1.39. The van der Waals surface area contributed by atoms with Gasteiger partial charge in [0, 0.05) is 48.9 Å². The van der Waals surface area contributed by atoms with E-state index < -0.39 is 35.6 Å². The van der Waals surface area contributed by atoms with Crippen LogP contribution in [0, 0.1) is 23.0 Å². The van der Waals surface area contributed by atoms with Crippen LogP contribution < -0.4 is 15.0 Å². The van der Waals surface area contributed by atoms with Gasteiger partial charge < -0.3 is 33.5 Å². The number of amides is 2. The summed E-state index contributed by atoms with van der Waals surface area (Å²) in [5.41, 5.74) is -0.973. The number of carbonyl (C=O) groups is 2. The summed E-state index contributed by atoms with van der Waals surface area (Å²) in [4.78, 5) is 39.2. The molecule has 54 heavy (non-hydrogen) atoms. The summed E-state index contributed by atoms with van der Waals surface area (Å²) in [7, 11) is 1.78. The molecule has 3 fully saturated rings. The van der Waals surface area contributed by atoms with E-state index in [2.05, 4.69) is 10.3 Å². The Bertz CT molecular complexity index is 2240. The van der Waals surface area contributed by atoms with Crippen molar-refractivity contribution in [2.75, 3.05) is 43.5 Å². The lowest BCUT2D eigenvalue weighted by Crippen LogP contribution is -2.55. The number of fused-ring (bicyclic) bond motifs is 6. The van der Waals surface area contributed by atoms with Crippen LogP contribution in [0.4, 0.5) is 34.5 Å². The minimum atomic E-state index is -1.03. The molecule has 3 saturated heterocycles. The van der Waals surface area contributed by atoms with Gasteiger partial charge in [0.1, 0.15) is 52.7 Å². The van der Waals surface area contributed by atoms with E-state index in [1.807, 2.05) is 15.9 Å². The molecule has 284 valence electrons. The molecule has 0 radical (unpaired) electrons. The Balaban J connectivity index is 1.32. The molecule has 4 atom stereocenters. The molecule has 14 nitrogen and oxygen atoms in total. The third-order valence-electron chi connectivity index (χ3n) is 10.6. The molecule has 2 N–H and O–H groups in total. The fourth-order valence-electron chi connectivity index (χ4n) is 8.29. The highest BCUT2D eigenvalue weighted by Crippen LogP contribution is 2.48. The summed E-state index contributed by atoms with van der Waals surface area (Å²) < 4.78 is 71.2. The number of piperazine rings is 1. The number of nitriles is 1. The molecule has 2 aromatic carbocycles. The molecule has 8 rings (SSSR count). The van der Waals surface area contributed by atoms with Gasteiger partial charge in [-0.15, -0.1) is 0 Å². The Kier molecular flexibility index (Phi) is 8.72. The van der Waals surface area contributed by atoms with Gasteiger partial charge in [-0.2, -0.15) is 15.2 Å². The summed E-state index contributed by atoms with van der Waals surface area (Å²) in [6.45, 7) is 5.56. The number of aromatic nitrogens is 2. The van der Waals surface area contributed by atoms with Crippen LogP contribution in [0.3, 0.4) is 0 Å². The molecule has 2 unspecified atom stereocenters. The first-order valence-electron chi connectivity index (χ1n) is 17.7. The van der Waals surface area contributed by atoms with E-state index in [9.17, 15) is 24.3 Å². The lowest BCUT2D eigenvalue weighted by Gasteiger charge is -2.41. The molecule has 0 spiro atoms. The lowest BCUT2D eigenvalue weighted by molar-refractivity contribution is 0.0632. The predicted molar refractivity (Wildman–Crippen MR) is 188 cm³/mol. The highest BCUT2D eigenvalue weighted by atomic mass is 19.1. The maximum Gasteiger partial charge on any atom is 0.414 e. The maximum atomic E-state index is 17.6. The van der Waals surface area contributed by atoms with Crippen LogP contribution in [0.1, 0.15) is 56.7 Å². The van der Waals surface area contributed by atoms with Crippen LogP contribution in [0.15, 0.2) is 16.5 Å². The summed E-state index contributed by atoms with van der Waals surface area (Å²) in [6, 6.07) is 3.33. The standard InChI is InChI=1S/C37H38F3N7O7/c1-37(2,3)54-35(48)44-33-21(10-41)26-25(53-33)8-7-24(39)29(26)27-22-15-51-16-23(22)28-31(30(27)40)42-34(52-14-20-9-17(38)11-45(20)4)43-32(28)47-18-5-6-19(47)13-46(12-18)36(49)50/h7-8,17-20H,5-6,9,11-16H2,1-4H3,(H,44,48)(H,49,50)/t17-,18?,19?,20+/m1/s1. The van der Waals surface area contributed by atoms with Crippen LogP contribution in [0.25, 0.3) is 33.0 Å². The number of halogens is 3. The smallest absolute Gasteiger partial charge is 0.414 e. The van der Waals surface area contributed by atoms with Gasteiger partial charge in [-0.1, -0.05) is 0 Å². The highest BCUT2D eigenvalue weighted by molar-refractivity contribution is 6.07. The van der Waals surface area contributed by atoms with Crippen molar-refractivity contribution < 1.29 is 46.5 Å². The van der Waals surface area contributed by atoms with E-state index in [0.717, 1.165) is 6.07 Å². The number of hydrogen-bond acceptors (Lipinski definition) is 11. The normalized spacial score (nSPS) is 22.6. The number of alkyl halides is 1. The van der Waals surface area contributed by atoms with Gasteiger partial charge in [-0.05, 0) is 70.3 Å². The first-order chi connectivity index (χ1) is 25.7. The average Bonchev–Trinajstić information content (AvgIpc) is 3.86. The van der Waals surface area contributed by atoms with E-state index in [-0.39, 0.29) is 109 Å². The van der Waals surface area contributed by atoms with E-state index >= 15 is 8.78 Å². The van der Waals surface area contributed by atoms with Gasteiger partial charge >= 0.3 is 18.2 Å². The zero-order valence-electron chi connectivity index (χ0n) is 30.0. The van der Waals surface area contributed by atoms with Crippen LogP contribution >= 0.6 is 0 Å². The summed E-state index contributed by atoms with van der Waals surface area (Å²) in [5, 5.41) is 22.8. The molecule has 4 aliphatic rings. The van der Waals surface area contributed by atoms with Crippen LogP contribution in [0.2, 0.25) is 0 Å². The van der Waals surface area contributed by atoms with Crippen molar-refractivity contribution in [3.05, 3.63) is 40.5 Å². The largest absolute Gasteiger partial charge is 0.465 e. The van der Waals surface area contributed by atoms with Crippen molar-refractivity contribution in [2.24, 2.45) is 0 Å². The van der Waals surface area contributed by atoms with Gasteiger partial charge in [-0.25, -0.2) is 22.8 Å². The van der Waals surface area contributed by atoms with E-state index in [4.69, 9.17) is 23.6 Å². The first-order valence-corrected chi connectivity index (χ1v) is 17.7. The van der Waals surface area contributed by atoms with Crippen molar-refractivity contribution in [1.82, 2.24) is 19.8 Å².